The summed E-state index contributed by atoms with van der Waals surface area (Å²) in [5.74, 6) is 2.08. The Hall–Kier alpha value is -0.0600. The maximum Gasteiger partial charge on any atom is 0.406 e. The summed E-state index contributed by atoms with van der Waals surface area (Å²) in [6, 6.07) is 0. The molecule has 0 unspecified atom stereocenters. The van der Waals surface area contributed by atoms with Crippen molar-refractivity contribution in [1.82, 2.24) is 10.6 Å². The van der Waals surface area contributed by atoms with Gasteiger partial charge in [0.25, 0.3) is 0 Å². The number of rotatable bonds is 13. The Balaban J connectivity index is 4.39. The van der Waals surface area contributed by atoms with E-state index in [0.717, 1.165) is 24.3 Å². The van der Waals surface area contributed by atoms with Crippen molar-refractivity contribution in [3.05, 3.63) is 0 Å². The van der Waals surface area contributed by atoms with Gasteiger partial charge in [0.05, 0.1) is 14.2 Å². The van der Waals surface area contributed by atoms with Crippen molar-refractivity contribution in [1.29, 1.82) is 0 Å². The van der Waals surface area contributed by atoms with Crippen molar-refractivity contribution >= 4 is 57.3 Å². The molecule has 0 fully saturated rings. The third kappa shape index (κ3) is 13.3. The lowest BCUT2D eigenvalue weighted by Crippen LogP contribution is -2.32. The van der Waals surface area contributed by atoms with E-state index in [1.807, 2.05) is 0 Å². The van der Waals surface area contributed by atoms with Gasteiger partial charge < -0.3 is 20.1 Å². The van der Waals surface area contributed by atoms with Crippen LogP contribution in [0.15, 0.2) is 0 Å². The van der Waals surface area contributed by atoms with Gasteiger partial charge in [0, 0.05) is 23.6 Å². The first-order valence-electron chi connectivity index (χ1n) is 7.51. The summed E-state index contributed by atoms with van der Waals surface area (Å²) in [5.41, 5.74) is 0. The second kappa shape index (κ2) is 16.4. The Labute approximate surface area is 161 Å². The summed E-state index contributed by atoms with van der Waals surface area (Å²) in [5, 5.41) is 6.14. The minimum atomic E-state index is -0.402. The van der Waals surface area contributed by atoms with E-state index in [4.69, 9.17) is 0 Å². The number of alkyl carbamates (subject to hydrolysis) is 2. The maximum atomic E-state index is 11.3. The Kier molecular flexibility index (Phi) is 16.4. The summed E-state index contributed by atoms with van der Waals surface area (Å²) in [6.07, 6.45) is 5.35. The molecule has 0 rings (SSSR count). The van der Waals surface area contributed by atoms with Crippen LogP contribution in [-0.4, -0.2) is 74.0 Å². The van der Waals surface area contributed by atoms with Crippen LogP contribution in [0.4, 0.5) is 9.59 Å². The highest BCUT2D eigenvalue weighted by Gasteiger charge is 2.17. The first-order chi connectivity index (χ1) is 11.6. The lowest BCUT2D eigenvalue weighted by Gasteiger charge is -2.20. The summed E-state index contributed by atoms with van der Waals surface area (Å²) >= 11 is 3.58. The molecule has 0 radical (unpaired) electrons. The molecule has 6 nitrogen and oxygen atoms in total. The van der Waals surface area contributed by atoms with Crippen LogP contribution in [0.5, 0.6) is 0 Å². The van der Waals surface area contributed by atoms with Gasteiger partial charge in [-0.1, -0.05) is 21.6 Å². The predicted octanol–water partition coefficient (Wildman–Crippen LogP) is 3.32. The molecule has 2 atom stereocenters. The van der Waals surface area contributed by atoms with E-state index >= 15 is 0 Å². The highest BCUT2D eigenvalue weighted by Crippen LogP contribution is 2.34. The Morgan fingerprint density at radius 3 is 1.50 bits per heavy atom. The Bertz CT molecular complexity index is 319. The van der Waals surface area contributed by atoms with Crippen LogP contribution in [0.25, 0.3) is 0 Å². The van der Waals surface area contributed by atoms with Gasteiger partial charge in [-0.25, -0.2) is 9.59 Å². The van der Waals surface area contributed by atoms with Gasteiger partial charge in [0.2, 0.25) is 0 Å². The number of methoxy groups -OCH3 is 2. The number of ether oxygens (including phenoxy) is 2. The molecule has 0 bridgehead atoms. The quantitative estimate of drug-likeness (QED) is 0.443. The maximum absolute atomic E-state index is 11.3. The van der Waals surface area contributed by atoms with Crippen molar-refractivity contribution in [2.75, 3.05) is 51.3 Å². The number of carbonyl (C=O) groups excluding carboxylic acids is 2. The molecular formula is C14H28N2O4S4. The SMILES string of the molecule is COC(=O)NC[C@@H](CCSC)SS[C@H](CCSC)CNC(=O)OC. The molecule has 0 aliphatic carbocycles. The summed E-state index contributed by atoms with van der Waals surface area (Å²) in [6.45, 7) is 1.15. The number of nitrogens with one attached hydrogen (secondary N) is 2. The van der Waals surface area contributed by atoms with E-state index in [0.29, 0.717) is 23.6 Å². The monoisotopic (exact) mass is 416 g/mol. The Morgan fingerprint density at radius 2 is 1.21 bits per heavy atom. The van der Waals surface area contributed by atoms with Crippen LogP contribution in [0.1, 0.15) is 12.8 Å². The highest BCUT2D eigenvalue weighted by molar-refractivity contribution is 8.77. The van der Waals surface area contributed by atoms with E-state index in [9.17, 15) is 9.59 Å². The molecule has 0 spiro atoms. The lowest BCUT2D eigenvalue weighted by molar-refractivity contribution is 0.170. The molecule has 0 aromatic rings. The van der Waals surface area contributed by atoms with Gasteiger partial charge in [-0.2, -0.15) is 23.5 Å². The standard InChI is InChI=1S/C14H28N2O4S4/c1-19-13(17)15-9-11(5-7-21-3)23-24-12(6-8-22-4)10-16-14(18)20-2/h11-12H,5-10H2,1-4H3,(H,15,17)(H,16,18)/t11-,12-/m1/s1. The van der Waals surface area contributed by atoms with Gasteiger partial charge >= 0.3 is 12.2 Å². The van der Waals surface area contributed by atoms with Crippen LogP contribution in [0.2, 0.25) is 0 Å². The number of thioether (sulfide) groups is 2. The molecule has 0 aliphatic rings. The molecule has 0 heterocycles. The average molecular weight is 417 g/mol. The van der Waals surface area contributed by atoms with Crippen LogP contribution in [0.3, 0.4) is 0 Å². The summed E-state index contributed by atoms with van der Waals surface area (Å²) in [4.78, 5) is 22.5. The number of amides is 2. The van der Waals surface area contributed by atoms with E-state index in [1.165, 1.54) is 14.2 Å². The molecule has 24 heavy (non-hydrogen) atoms. The fourth-order valence-corrected chi connectivity index (χ4v) is 5.88. The van der Waals surface area contributed by atoms with Crippen molar-refractivity contribution in [3.63, 3.8) is 0 Å². The van der Waals surface area contributed by atoms with Gasteiger partial charge in [-0.05, 0) is 36.9 Å². The van der Waals surface area contributed by atoms with Gasteiger partial charge in [-0.3, -0.25) is 0 Å². The number of hydrogen-bond acceptors (Lipinski definition) is 8. The third-order valence-electron chi connectivity index (χ3n) is 2.93. The Morgan fingerprint density at radius 1 is 0.833 bits per heavy atom. The summed E-state index contributed by atoms with van der Waals surface area (Å²) in [7, 11) is 6.26. The van der Waals surface area contributed by atoms with E-state index in [1.54, 1.807) is 45.1 Å². The molecule has 0 aliphatic heterocycles. The molecule has 10 heteroatoms. The minimum Gasteiger partial charge on any atom is -0.453 e. The molecular weight excluding hydrogens is 388 g/mol. The highest BCUT2D eigenvalue weighted by atomic mass is 33.1. The topological polar surface area (TPSA) is 76.7 Å². The third-order valence-corrected chi connectivity index (χ3v) is 7.65. The molecule has 142 valence electrons. The lowest BCUT2D eigenvalue weighted by atomic mass is 10.3. The molecule has 2 N–H and O–H groups in total. The van der Waals surface area contributed by atoms with Gasteiger partial charge in [0.1, 0.15) is 0 Å². The zero-order valence-electron chi connectivity index (χ0n) is 14.7. The fraction of sp³-hybridized carbons (Fsp3) is 0.857. The summed E-state index contributed by atoms with van der Waals surface area (Å²) < 4.78 is 9.25. The molecule has 2 amide bonds. The average Bonchev–Trinajstić information content (AvgIpc) is 2.61. The molecule has 0 aromatic carbocycles. The van der Waals surface area contributed by atoms with Gasteiger partial charge in [0.15, 0.2) is 0 Å². The zero-order valence-corrected chi connectivity index (χ0v) is 17.9. The normalized spacial score (nSPS) is 13.0. The molecule has 0 aromatic heterocycles. The van der Waals surface area contributed by atoms with Crippen LogP contribution in [-0.2, 0) is 9.47 Å². The number of hydrogen-bond donors (Lipinski definition) is 2. The van der Waals surface area contributed by atoms with Crippen LogP contribution in [0, 0.1) is 0 Å². The first kappa shape index (κ1) is 23.9. The predicted molar refractivity (Wildman–Crippen MR) is 110 cm³/mol. The van der Waals surface area contributed by atoms with Gasteiger partial charge in [-0.15, -0.1) is 0 Å². The number of carbonyl (C=O) groups is 2. The van der Waals surface area contributed by atoms with Crippen molar-refractivity contribution in [3.8, 4) is 0 Å². The van der Waals surface area contributed by atoms with Crippen LogP contribution < -0.4 is 10.6 Å². The van der Waals surface area contributed by atoms with Crippen molar-refractivity contribution in [2.24, 2.45) is 0 Å². The fourth-order valence-electron chi connectivity index (χ4n) is 1.56. The second-order valence-electron chi connectivity index (χ2n) is 4.74. The van der Waals surface area contributed by atoms with E-state index in [-0.39, 0.29) is 0 Å². The first-order valence-corrected chi connectivity index (χ1v) is 12.6. The molecule has 0 saturated heterocycles. The van der Waals surface area contributed by atoms with Crippen LogP contribution >= 0.6 is 45.1 Å². The van der Waals surface area contributed by atoms with E-state index in [2.05, 4.69) is 32.6 Å². The van der Waals surface area contributed by atoms with Crippen molar-refractivity contribution in [2.45, 2.75) is 23.3 Å². The smallest absolute Gasteiger partial charge is 0.406 e. The largest absolute Gasteiger partial charge is 0.453 e. The minimum absolute atomic E-state index is 0.302. The van der Waals surface area contributed by atoms with E-state index < -0.39 is 12.2 Å². The zero-order chi connectivity index (χ0) is 18.2. The molecule has 0 saturated carbocycles. The van der Waals surface area contributed by atoms with Crippen molar-refractivity contribution < 1.29 is 19.1 Å². The second-order valence-corrected chi connectivity index (χ2v) is 9.59.